The number of aliphatic hydroxyl groups is 1. The first-order valence-corrected chi connectivity index (χ1v) is 6.98. The van der Waals surface area contributed by atoms with E-state index in [1.54, 1.807) is 12.4 Å². The predicted octanol–water partition coefficient (Wildman–Crippen LogP) is 3.68. The van der Waals surface area contributed by atoms with Crippen molar-refractivity contribution in [3.05, 3.63) is 53.1 Å². The van der Waals surface area contributed by atoms with Gasteiger partial charge < -0.3 is 10.1 Å². The zero-order valence-corrected chi connectivity index (χ0v) is 11.8. The average Bonchev–Trinajstić information content (AvgIpc) is 2.90. The summed E-state index contributed by atoms with van der Waals surface area (Å²) in [4.78, 5) is 7.26. The number of hydrogen-bond donors (Lipinski definition) is 2. The average molecular weight is 279 g/mol. The number of rotatable bonds is 6. The van der Waals surface area contributed by atoms with Gasteiger partial charge in [-0.3, -0.25) is 0 Å². The van der Waals surface area contributed by atoms with E-state index in [9.17, 15) is 5.11 Å². The Labute approximate surface area is 118 Å². The van der Waals surface area contributed by atoms with Crippen LogP contribution in [-0.2, 0) is 12.0 Å². The van der Waals surface area contributed by atoms with Gasteiger partial charge in [-0.15, -0.1) is 0 Å². The third-order valence-corrected chi connectivity index (χ3v) is 3.59. The lowest BCUT2D eigenvalue weighted by Crippen LogP contribution is -2.29. The minimum atomic E-state index is -0.890. The highest BCUT2D eigenvalue weighted by Gasteiger charge is 2.29. The van der Waals surface area contributed by atoms with Crippen LogP contribution >= 0.6 is 11.6 Å². The Hall–Kier alpha value is -1.32. The van der Waals surface area contributed by atoms with Gasteiger partial charge in [-0.25, -0.2) is 4.98 Å². The molecule has 0 aliphatic heterocycles. The van der Waals surface area contributed by atoms with Gasteiger partial charge in [0.15, 0.2) is 0 Å². The lowest BCUT2D eigenvalue weighted by molar-refractivity contribution is 0.0236. The Morgan fingerprint density at radius 2 is 2.05 bits per heavy atom. The van der Waals surface area contributed by atoms with E-state index in [1.807, 2.05) is 24.3 Å². The van der Waals surface area contributed by atoms with E-state index in [0.29, 0.717) is 17.9 Å². The number of unbranched alkanes of at least 4 members (excludes halogenated alkanes) is 1. The SMILES string of the molecule is CCCCC(O)(Cc1ncc[nH]1)c1ccc(Cl)cc1. The van der Waals surface area contributed by atoms with Crippen molar-refractivity contribution >= 4 is 11.6 Å². The standard InChI is InChI=1S/C15H19ClN2O/c1-2-3-8-15(19,11-14-17-9-10-18-14)12-4-6-13(16)7-5-12/h4-7,9-10,19H,2-3,8,11H2,1H3,(H,17,18). The number of nitrogens with zero attached hydrogens (tertiary/aromatic N) is 1. The molecule has 0 saturated carbocycles. The molecular weight excluding hydrogens is 260 g/mol. The molecular formula is C15H19ClN2O. The fourth-order valence-corrected chi connectivity index (χ4v) is 2.36. The Balaban J connectivity index is 2.25. The number of nitrogens with one attached hydrogen (secondary N) is 1. The van der Waals surface area contributed by atoms with Crippen LogP contribution < -0.4 is 0 Å². The number of H-pyrrole nitrogens is 1. The van der Waals surface area contributed by atoms with Crippen molar-refractivity contribution in [1.29, 1.82) is 0 Å². The van der Waals surface area contributed by atoms with Gasteiger partial charge in [0.1, 0.15) is 5.82 Å². The van der Waals surface area contributed by atoms with Crippen molar-refractivity contribution in [2.24, 2.45) is 0 Å². The summed E-state index contributed by atoms with van der Waals surface area (Å²) in [6.07, 6.45) is 6.70. The van der Waals surface area contributed by atoms with Crippen LogP contribution in [0.25, 0.3) is 0 Å². The van der Waals surface area contributed by atoms with E-state index in [4.69, 9.17) is 11.6 Å². The van der Waals surface area contributed by atoms with Crippen molar-refractivity contribution in [2.45, 2.75) is 38.2 Å². The zero-order chi connectivity index (χ0) is 13.7. The molecule has 0 amide bonds. The molecule has 2 aromatic rings. The molecule has 0 aliphatic rings. The van der Waals surface area contributed by atoms with Crippen molar-refractivity contribution < 1.29 is 5.11 Å². The highest BCUT2D eigenvalue weighted by atomic mass is 35.5. The minimum absolute atomic E-state index is 0.488. The topological polar surface area (TPSA) is 48.9 Å². The fraction of sp³-hybridized carbons (Fsp3) is 0.400. The Morgan fingerprint density at radius 1 is 1.32 bits per heavy atom. The first-order chi connectivity index (χ1) is 9.14. The number of hydrogen-bond acceptors (Lipinski definition) is 2. The molecule has 1 unspecified atom stereocenters. The van der Waals surface area contributed by atoms with Crippen LogP contribution in [0.15, 0.2) is 36.7 Å². The number of imidazole rings is 1. The molecule has 2 rings (SSSR count). The van der Waals surface area contributed by atoms with E-state index in [2.05, 4.69) is 16.9 Å². The number of aromatic amines is 1. The lowest BCUT2D eigenvalue weighted by Gasteiger charge is -2.28. The molecule has 0 spiro atoms. The first kappa shape index (κ1) is 14.1. The highest BCUT2D eigenvalue weighted by molar-refractivity contribution is 6.30. The van der Waals surface area contributed by atoms with Gasteiger partial charge in [0.25, 0.3) is 0 Å². The maximum atomic E-state index is 11.0. The molecule has 2 N–H and O–H groups in total. The zero-order valence-electron chi connectivity index (χ0n) is 11.1. The summed E-state index contributed by atoms with van der Waals surface area (Å²) in [6.45, 7) is 2.12. The van der Waals surface area contributed by atoms with Crippen LogP contribution in [0.4, 0.5) is 0 Å². The summed E-state index contributed by atoms with van der Waals surface area (Å²) < 4.78 is 0. The highest BCUT2D eigenvalue weighted by Crippen LogP contribution is 2.31. The Morgan fingerprint density at radius 3 is 2.63 bits per heavy atom. The summed E-state index contributed by atoms with van der Waals surface area (Å²) in [5.41, 5.74) is 0.0000849. The van der Waals surface area contributed by atoms with Crippen LogP contribution in [0.2, 0.25) is 5.02 Å². The lowest BCUT2D eigenvalue weighted by atomic mass is 9.85. The number of halogens is 1. The summed E-state index contributed by atoms with van der Waals surface area (Å²) in [5.74, 6) is 0.800. The third kappa shape index (κ3) is 3.58. The normalized spacial score (nSPS) is 14.3. The van der Waals surface area contributed by atoms with E-state index in [0.717, 1.165) is 24.2 Å². The Bertz CT molecular complexity index is 495. The summed E-state index contributed by atoms with van der Waals surface area (Å²) >= 11 is 5.91. The summed E-state index contributed by atoms with van der Waals surface area (Å²) in [5, 5.41) is 11.7. The Kier molecular flexibility index (Phi) is 4.61. The largest absolute Gasteiger partial charge is 0.385 e. The molecule has 19 heavy (non-hydrogen) atoms. The molecule has 1 aromatic carbocycles. The van der Waals surface area contributed by atoms with Gasteiger partial charge >= 0.3 is 0 Å². The summed E-state index contributed by atoms with van der Waals surface area (Å²) in [6, 6.07) is 7.41. The second-order valence-electron chi connectivity index (χ2n) is 4.85. The molecule has 0 bridgehead atoms. The molecule has 0 aliphatic carbocycles. The minimum Gasteiger partial charge on any atom is -0.385 e. The smallest absolute Gasteiger partial charge is 0.109 e. The van der Waals surface area contributed by atoms with Crippen LogP contribution in [0.5, 0.6) is 0 Å². The molecule has 1 atom stereocenters. The van der Waals surface area contributed by atoms with Crippen LogP contribution in [-0.4, -0.2) is 15.1 Å². The molecule has 0 saturated heterocycles. The van der Waals surface area contributed by atoms with E-state index >= 15 is 0 Å². The quantitative estimate of drug-likeness (QED) is 0.847. The van der Waals surface area contributed by atoms with Gasteiger partial charge in [-0.05, 0) is 24.1 Å². The molecule has 102 valence electrons. The molecule has 3 nitrogen and oxygen atoms in total. The van der Waals surface area contributed by atoms with Crippen molar-refractivity contribution in [1.82, 2.24) is 9.97 Å². The van der Waals surface area contributed by atoms with Gasteiger partial charge in [0.2, 0.25) is 0 Å². The molecule has 1 heterocycles. The second-order valence-corrected chi connectivity index (χ2v) is 5.29. The molecule has 4 heteroatoms. The van der Waals surface area contributed by atoms with E-state index in [1.165, 1.54) is 0 Å². The van der Waals surface area contributed by atoms with Crippen molar-refractivity contribution in [3.8, 4) is 0 Å². The molecule has 0 radical (unpaired) electrons. The van der Waals surface area contributed by atoms with Crippen LogP contribution in [0.3, 0.4) is 0 Å². The number of aromatic nitrogens is 2. The first-order valence-electron chi connectivity index (χ1n) is 6.61. The molecule has 1 aromatic heterocycles. The van der Waals surface area contributed by atoms with E-state index in [-0.39, 0.29) is 0 Å². The van der Waals surface area contributed by atoms with E-state index < -0.39 is 5.60 Å². The van der Waals surface area contributed by atoms with Gasteiger partial charge in [-0.2, -0.15) is 0 Å². The van der Waals surface area contributed by atoms with Gasteiger partial charge in [0.05, 0.1) is 5.60 Å². The number of benzene rings is 1. The van der Waals surface area contributed by atoms with Crippen molar-refractivity contribution in [3.63, 3.8) is 0 Å². The molecule has 0 fully saturated rings. The van der Waals surface area contributed by atoms with Crippen LogP contribution in [0, 0.1) is 0 Å². The monoisotopic (exact) mass is 278 g/mol. The van der Waals surface area contributed by atoms with Crippen LogP contribution in [0.1, 0.15) is 37.6 Å². The van der Waals surface area contributed by atoms with Gasteiger partial charge in [0, 0.05) is 23.8 Å². The third-order valence-electron chi connectivity index (χ3n) is 3.34. The summed E-state index contributed by atoms with van der Waals surface area (Å²) in [7, 11) is 0. The second kappa shape index (κ2) is 6.22. The maximum absolute atomic E-state index is 11.0. The van der Waals surface area contributed by atoms with Crippen molar-refractivity contribution in [2.75, 3.05) is 0 Å². The maximum Gasteiger partial charge on any atom is 0.109 e. The predicted molar refractivity (Wildman–Crippen MR) is 77.2 cm³/mol. The fourth-order valence-electron chi connectivity index (χ4n) is 2.24. The van der Waals surface area contributed by atoms with Gasteiger partial charge in [-0.1, -0.05) is 43.5 Å².